The highest BCUT2D eigenvalue weighted by Crippen LogP contribution is 2.23. The molecular weight excluding hydrogens is 346 g/mol. The summed E-state index contributed by atoms with van der Waals surface area (Å²) in [7, 11) is 0. The minimum atomic E-state index is -0.104. The molecule has 6 nitrogen and oxygen atoms in total. The predicted octanol–water partition coefficient (Wildman–Crippen LogP) is 3.31. The van der Waals surface area contributed by atoms with E-state index in [2.05, 4.69) is 15.5 Å². The highest BCUT2D eigenvalue weighted by atomic mass is 32.2. The molecule has 1 aromatic heterocycles. The Morgan fingerprint density at radius 2 is 1.81 bits per heavy atom. The van der Waals surface area contributed by atoms with Crippen molar-refractivity contribution in [2.24, 2.45) is 0 Å². The third kappa shape index (κ3) is 3.88. The van der Waals surface area contributed by atoms with Gasteiger partial charge in [-0.15, -0.1) is 10.2 Å². The van der Waals surface area contributed by atoms with E-state index in [1.165, 1.54) is 16.4 Å². The minimum Gasteiger partial charge on any atom is -0.335 e. The third-order valence-electron chi connectivity index (χ3n) is 4.02. The zero-order valence-electron chi connectivity index (χ0n) is 15.0. The molecule has 0 saturated carbocycles. The van der Waals surface area contributed by atoms with Crippen molar-refractivity contribution in [3.8, 4) is 11.4 Å². The Hall–Kier alpha value is -2.80. The summed E-state index contributed by atoms with van der Waals surface area (Å²) in [6.45, 7) is 5.95. The molecule has 0 aliphatic heterocycles. The number of nitrogen functional groups attached to an aromatic ring is 1. The van der Waals surface area contributed by atoms with Crippen LogP contribution in [-0.2, 0) is 4.79 Å². The Balaban J connectivity index is 1.68. The summed E-state index contributed by atoms with van der Waals surface area (Å²) in [5.74, 6) is 6.79. The zero-order valence-corrected chi connectivity index (χ0v) is 15.8. The fourth-order valence-corrected chi connectivity index (χ4v) is 3.33. The fourth-order valence-electron chi connectivity index (χ4n) is 2.67. The van der Waals surface area contributed by atoms with Crippen LogP contribution < -0.4 is 11.2 Å². The lowest BCUT2D eigenvalue weighted by Gasteiger charge is -2.11. The number of hydrogen-bond donors (Lipinski definition) is 2. The van der Waals surface area contributed by atoms with E-state index in [0.29, 0.717) is 11.0 Å². The van der Waals surface area contributed by atoms with Gasteiger partial charge >= 0.3 is 0 Å². The van der Waals surface area contributed by atoms with Gasteiger partial charge in [-0.1, -0.05) is 53.7 Å². The Morgan fingerprint density at radius 3 is 2.50 bits per heavy atom. The van der Waals surface area contributed by atoms with Crippen molar-refractivity contribution in [1.29, 1.82) is 0 Å². The Labute approximate surface area is 156 Å². The van der Waals surface area contributed by atoms with Crippen molar-refractivity contribution in [3.05, 3.63) is 59.2 Å². The molecule has 134 valence electrons. The summed E-state index contributed by atoms with van der Waals surface area (Å²) in [4.78, 5) is 12.3. The molecule has 3 aromatic rings. The summed E-state index contributed by atoms with van der Waals surface area (Å²) in [5.41, 5.74) is 4.94. The summed E-state index contributed by atoms with van der Waals surface area (Å²) in [6.07, 6.45) is 0. The molecule has 1 heterocycles. The van der Waals surface area contributed by atoms with Gasteiger partial charge in [0.05, 0.1) is 5.75 Å². The molecule has 0 radical (unpaired) electrons. The van der Waals surface area contributed by atoms with Crippen molar-refractivity contribution in [2.75, 3.05) is 16.9 Å². The number of nitrogens with two attached hydrogens (primary N) is 1. The molecule has 0 aliphatic carbocycles. The van der Waals surface area contributed by atoms with Gasteiger partial charge in [-0.2, -0.15) is 0 Å². The van der Waals surface area contributed by atoms with Crippen LogP contribution in [-0.4, -0.2) is 26.5 Å². The van der Waals surface area contributed by atoms with Crippen LogP contribution in [0.5, 0.6) is 0 Å². The first-order valence-corrected chi connectivity index (χ1v) is 9.20. The summed E-state index contributed by atoms with van der Waals surface area (Å²) in [5, 5.41) is 11.7. The number of nitrogens with one attached hydrogen (secondary N) is 1. The normalized spacial score (nSPS) is 10.7. The molecule has 0 fully saturated rings. The molecule has 0 bridgehead atoms. The molecule has 7 heteroatoms. The molecule has 0 aliphatic rings. The van der Waals surface area contributed by atoms with Crippen LogP contribution in [0.25, 0.3) is 11.4 Å². The van der Waals surface area contributed by atoms with E-state index >= 15 is 0 Å². The highest BCUT2D eigenvalue weighted by molar-refractivity contribution is 7.99. The smallest absolute Gasteiger partial charge is 0.234 e. The van der Waals surface area contributed by atoms with Crippen LogP contribution in [0.2, 0.25) is 0 Å². The van der Waals surface area contributed by atoms with Crippen LogP contribution in [0.1, 0.15) is 16.7 Å². The molecule has 0 spiro atoms. The van der Waals surface area contributed by atoms with E-state index in [-0.39, 0.29) is 11.7 Å². The molecule has 0 atom stereocenters. The van der Waals surface area contributed by atoms with Gasteiger partial charge in [0.1, 0.15) is 0 Å². The first kappa shape index (κ1) is 18.0. The number of carbonyl (C=O) groups excluding carboxylic acids is 1. The second-order valence-electron chi connectivity index (χ2n) is 6.15. The first-order valence-electron chi connectivity index (χ1n) is 8.22. The lowest BCUT2D eigenvalue weighted by Crippen LogP contribution is -2.17. The molecule has 3 rings (SSSR count). The number of carbonyl (C=O) groups is 1. The average Bonchev–Trinajstić information content (AvgIpc) is 2.97. The van der Waals surface area contributed by atoms with Gasteiger partial charge < -0.3 is 11.2 Å². The zero-order chi connectivity index (χ0) is 18.7. The lowest BCUT2D eigenvalue weighted by atomic mass is 10.1. The first-order chi connectivity index (χ1) is 12.5. The predicted molar refractivity (Wildman–Crippen MR) is 106 cm³/mol. The van der Waals surface area contributed by atoms with Crippen LogP contribution in [0.4, 0.5) is 5.69 Å². The second kappa shape index (κ2) is 7.61. The molecule has 1 amide bonds. The maximum atomic E-state index is 12.3. The summed E-state index contributed by atoms with van der Waals surface area (Å²) < 4.78 is 1.42. The van der Waals surface area contributed by atoms with Gasteiger partial charge in [0.15, 0.2) is 5.82 Å². The molecule has 3 N–H and O–H groups in total. The number of aryl methyl sites for hydroxylation is 3. The van der Waals surface area contributed by atoms with E-state index in [1.54, 1.807) is 0 Å². The van der Waals surface area contributed by atoms with Gasteiger partial charge in [-0.25, -0.2) is 4.68 Å². The van der Waals surface area contributed by atoms with Crippen LogP contribution in [0, 0.1) is 20.8 Å². The molecule has 0 unspecified atom stereocenters. The maximum Gasteiger partial charge on any atom is 0.234 e. The average molecular weight is 367 g/mol. The molecular formula is C19H21N5OS. The number of aromatic nitrogens is 3. The van der Waals surface area contributed by atoms with Crippen molar-refractivity contribution in [3.63, 3.8) is 0 Å². The van der Waals surface area contributed by atoms with Gasteiger partial charge in [0, 0.05) is 11.3 Å². The number of hydrogen-bond acceptors (Lipinski definition) is 5. The number of anilines is 1. The van der Waals surface area contributed by atoms with E-state index in [1.807, 2.05) is 63.2 Å². The number of amides is 1. The maximum absolute atomic E-state index is 12.3. The van der Waals surface area contributed by atoms with E-state index in [0.717, 1.165) is 27.9 Å². The Kier molecular flexibility index (Phi) is 5.27. The highest BCUT2D eigenvalue weighted by Gasteiger charge is 2.14. The quantitative estimate of drug-likeness (QED) is 0.534. The SMILES string of the molecule is Cc1cccc(-c2nnc(SCC(=O)Nc3c(C)cccc3C)n2N)c1. The third-order valence-corrected chi connectivity index (χ3v) is 4.96. The number of nitrogens with zero attached hydrogens (tertiary/aromatic N) is 3. The largest absolute Gasteiger partial charge is 0.335 e. The monoisotopic (exact) mass is 367 g/mol. The fraction of sp³-hybridized carbons (Fsp3) is 0.211. The van der Waals surface area contributed by atoms with Gasteiger partial charge in [-0.3, -0.25) is 4.79 Å². The molecule has 2 aromatic carbocycles. The minimum absolute atomic E-state index is 0.104. The molecule has 26 heavy (non-hydrogen) atoms. The van der Waals surface area contributed by atoms with Crippen molar-refractivity contribution < 1.29 is 4.79 Å². The number of benzene rings is 2. The Bertz CT molecular complexity index is 931. The van der Waals surface area contributed by atoms with Gasteiger partial charge in [0.2, 0.25) is 11.1 Å². The van der Waals surface area contributed by atoms with Crippen molar-refractivity contribution in [1.82, 2.24) is 14.9 Å². The summed E-state index contributed by atoms with van der Waals surface area (Å²) in [6, 6.07) is 13.8. The van der Waals surface area contributed by atoms with Gasteiger partial charge in [0.25, 0.3) is 0 Å². The summed E-state index contributed by atoms with van der Waals surface area (Å²) >= 11 is 1.26. The number of rotatable bonds is 5. The number of thioether (sulfide) groups is 1. The van der Waals surface area contributed by atoms with E-state index in [9.17, 15) is 4.79 Å². The van der Waals surface area contributed by atoms with Crippen LogP contribution >= 0.6 is 11.8 Å². The number of para-hydroxylation sites is 1. The Morgan fingerprint density at radius 1 is 1.12 bits per heavy atom. The topological polar surface area (TPSA) is 85.8 Å². The van der Waals surface area contributed by atoms with Crippen molar-refractivity contribution >= 4 is 23.4 Å². The second-order valence-corrected chi connectivity index (χ2v) is 7.09. The van der Waals surface area contributed by atoms with Crippen LogP contribution in [0.15, 0.2) is 47.6 Å². The van der Waals surface area contributed by atoms with E-state index in [4.69, 9.17) is 5.84 Å². The standard InChI is InChI=1S/C19H21N5OS/c1-12-6-4-9-15(10-12)18-22-23-19(24(18)20)26-11-16(25)21-17-13(2)7-5-8-14(17)3/h4-10H,11,20H2,1-3H3,(H,21,25). The van der Waals surface area contributed by atoms with Crippen LogP contribution in [0.3, 0.4) is 0 Å². The lowest BCUT2D eigenvalue weighted by molar-refractivity contribution is -0.113. The van der Waals surface area contributed by atoms with Gasteiger partial charge in [-0.05, 0) is 38.0 Å². The van der Waals surface area contributed by atoms with E-state index < -0.39 is 0 Å². The van der Waals surface area contributed by atoms with Crippen molar-refractivity contribution in [2.45, 2.75) is 25.9 Å². The molecule has 0 saturated heterocycles.